The summed E-state index contributed by atoms with van der Waals surface area (Å²) in [6.45, 7) is 0.157. The van der Waals surface area contributed by atoms with Crippen molar-refractivity contribution in [3.05, 3.63) is 35.9 Å². The first-order valence-corrected chi connectivity index (χ1v) is 5.88. The Labute approximate surface area is 110 Å². The van der Waals surface area contributed by atoms with Crippen molar-refractivity contribution in [3.8, 4) is 6.07 Å². The molecular weight excluding hydrogens is 250 g/mol. The highest BCUT2D eigenvalue weighted by Gasteiger charge is 2.44. The Balaban J connectivity index is 2.02. The second-order valence-electron chi connectivity index (χ2n) is 4.32. The molecule has 0 radical (unpaired) electrons. The summed E-state index contributed by atoms with van der Waals surface area (Å²) in [4.78, 5) is 0. The molecule has 1 fully saturated rings. The van der Waals surface area contributed by atoms with Crippen molar-refractivity contribution in [2.45, 2.75) is 37.3 Å². The monoisotopic (exact) mass is 265 g/mol. The van der Waals surface area contributed by atoms with Gasteiger partial charge in [-0.05, 0) is 5.56 Å². The van der Waals surface area contributed by atoms with Gasteiger partial charge in [-0.1, -0.05) is 30.3 Å². The van der Waals surface area contributed by atoms with Gasteiger partial charge in [0.15, 0.2) is 12.4 Å². The van der Waals surface area contributed by atoms with Crippen molar-refractivity contribution in [2.75, 3.05) is 0 Å². The smallest absolute Gasteiger partial charge is 0.185 e. The van der Waals surface area contributed by atoms with E-state index < -0.39 is 30.7 Å². The molecule has 0 bridgehead atoms. The summed E-state index contributed by atoms with van der Waals surface area (Å²) in [5, 5.41) is 37.8. The molecule has 0 aromatic heterocycles. The Morgan fingerprint density at radius 3 is 2.47 bits per heavy atom. The summed E-state index contributed by atoms with van der Waals surface area (Å²) in [6.07, 6.45) is -6.56. The lowest BCUT2D eigenvalue weighted by molar-refractivity contribution is -0.280. The standard InChI is InChI=1S/C13H15NO5/c14-6-9-10(15)12(11(16)13(17)19-9)18-7-8-4-2-1-3-5-8/h1-5,9-13,15-17H,7H2/t9?,10-,11?,12-,13-/m1/s1. The zero-order chi connectivity index (χ0) is 13.8. The molecule has 0 spiro atoms. The van der Waals surface area contributed by atoms with Gasteiger partial charge in [0, 0.05) is 0 Å². The molecule has 1 aromatic rings. The Kier molecular flexibility index (Phi) is 4.47. The fourth-order valence-electron chi connectivity index (χ4n) is 1.92. The van der Waals surface area contributed by atoms with Gasteiger partial charge in [-0.15, -0.1) is 0 Å². The fraction of sp³-hybridized carbons (Fsp3) is 0.462. The predicted octanol–water partition coefficient (Wildman–Crippen LogP) is -0.466. The van der Waals surface area contributed by atoms with E-state index in [1.807, 2.05) is 30.3 Å². The highest BCUT2D eigenvalue weighted by atomic mass is 16.6. The van der Waals surface area contributed by atoms with E-state index in [2.05, 4.69) is 0 Å². The van der Waals surface area contributed by atoms with Crippen LogP contribution in [0.1, 0.15) is 5.56 Å². The van der Waals surface area contributed by atoms with Crippen molar-refractivity contribution in [3.63, 3.8) is 0 Å². The Hall–Kier alpha value is -1.49. The number of hydrogen-bond acceptors (Lipinski definition) is 6. The van der Waals surface area contributed by atoms with Crippen LogP contribution in [0.4, 0.5) is 0 Å². The lowest BCUT2D eigenvalue weighted by atomic mass is 9.99. The van der Waals surface area contributed by atoms with Crippen LogP contribution in [0.2, 0.25) is 0 Å². The third kappa shape index (κ3) is 3.10. The third-order valence-corrected chi connectivity index (χ3v) is 2.97. The van der Waals surface area contributed by atoms with E-state index in [1.165, 1.54) is 0 Å². The second-order valence-corrected chi connectivity index (χ2v) is 4.32. The van der Waals surface area contributed by atoms with Crippen LogP contribution in [0.5, 0.6) is 0 Å². The molecule has 6 heteroatoms. The summed E-state index contributed by atoms with van der Waals surface area (Å²) < 4.78 is 10.2. The summed E-state index contributed by atoms with van der Waals surface area (Å²) in [6, 6.07) is 10.9. The number of ether oxygens (including phenoxy) is 2. The van der Waals surface area contributed by atoms with Crippen LogP contribution >= 0.6 is 0 Å². The largest absolute Gasteiger partial charge is 0.386 e. The van der Waals surface area contributed by atoms with E-state index in [1.54, 1.807) is 6.07 Å². The van der Waals surface area contributed by atoms with Gasteiger partial charge < -0.3 is 24.8 Å². The average molecular weight is 265 g/mol. The van der Waals surface area contributed by atoms with Gasteiger partial charge in [0.1, 0.15) is 18.3 Å². The maximum absolute atomic E-state index is 9.85. The predicted molar refractivity (Wildman–Crippen MR) is 63.5 cm³/mol. The molecule has 1 aromatic carbocycles. The average Bonchev–Trinajstić information content (AvgIpc) is 2.44. The molecule has 2 unspecified atom stereocenters. The molecule has 5 atom stereocenters. The fourth-order valence-corrected chi connectivity index (χ4v) is 1.92. The minimum absolute atomic E-state index is 0.157. The van der Waals surface area contributed by atoms with Crippen molar-refractivity contribution in [2.24, 2.45) is 0 Å². The van der Waals surface area contributed by atoms with Gasteiger partial charge in [-0.3, -0.25) is 0 Å². The van der Waals surface area contributed by atoms with E-state index in [-0.39, 0.29) is 6.61 Å². The lowest BCUT2D eigenvalue weighted by Crippen LogP contribution is -2.58. The minimum Gasteiger partial charge on any atom is -0.386 e. The molecule has 0 saturated carbocycles. The van der Waals surface area contributed by atoms with Gasteiger partial charge in [0.25, 0.3) is 0 Å². The molecule has 19 heavy (non-hydrogen) atoms. The number of rotatable bonds is 3. The Morgan fingerprint density at radius 1 is 1.16 bits per heavy atom. The molecule has 2 rings (SSSR count). The lowest BCUT2D eigenvalue weighted by Gasteiger charge is -2.37. The van der Waals surface area contributed by atoms with Gasteiger partial charge in [0.2, 0.25) is 0 Å². The molecule has 0 amide bonds. The zero-order valence-corrected chi connectivity index (χ0v) is 10.1. The van der Waals surface area contributed by atoms with Gasteiger partial charge in [0.05, 0.1) is 12.7 Å². The number of nitrogens with zero attached hydrogens (tertiary/aromatic N) is 1. The number of aliphatic hydroxyl groups is 3. The van der Waals surface area contributed by atoms with Crippen LogP contribution in [-0.2, 0) is 16.1 Å². The first-order valence-electron chi connectivity index (χ1n) is 5.88. The van der Waals surface area contributed by atoms with Crippen molar-refractivity contribution >= 4 is 0 Å². The van der Waals surface area contributed by atoms with E-state index in [0.29, 0.717) is 0 Å². The molecule has 3 N–H and O–H groups in total. The van der Waals surface area contributed by atoms with Gasteiger partial charge in [-0.2, -0.15) is 5.26 Å². The number of hydrogen-bond donors (Lipinski definition) is 3. The Morgan fingerprint density at radius 2 is 1.84 bits per heavy atom. The van der Waals surface area contributed by atoms with E-state index in [4.69, 9.17) is 14.7 Å². The van der Waals surface area contributed by atoms with Crippen LogP contribution < -0.4 is 0 Å². The van der Waals surface area contributed by atoms with Crippen molar-refractivity contribution in [1.82, 2.24) is 0 Å². The zero-order valence-electron chi connectivity index (χ0n) is 10.1. The molecule has 1 aliphatic heterocycles. The highest BCUT2D eigenvalue weighted by molar-refractivity contribution is 5.13. The Bertz CT molecular complexity index is 446. The summed E-state index contributed by atoms with van der Waals surface area (Å²) in [5.41, 5.74) is 0.858. The van der Waals surface area contributed by atoms with Crippen LogP contribution in [0, 0.1) is 11.3 Å². The SMILES string of the molecule is N#CC1O[C@@H](O)C(O)[C@H](OCc2ccccc2)[C@@H]1O. The topological polar surface area (TPSA) is 103 Å². The molecule has 1 heterocycles. The molecule has 1 aliphatic rings. The maximum Gasteiger partial charge on any atom is 0.185 e. The van der Waals surface area contributed by atoms with Crippen LogP contribution in [0.25, 0.3) is 0 Å². The van der Waals surface area contributed by atoms with Gasteiger partial charge in [-0.25, -0.2) is 0 Å². The number of nitriles is 1. The summed E-state index contributed by atoms with van der Waals surface area (Å²) in [5.74, 6) is 0. The first kappa shape index (κ1) is 13.9. The molecular formula is C13H15NO5. The quantitative estimate of drug-likeness (QED) is 0.683. The molecule has 1 saturated heterocycles. The van der Waals surface area contributed by atoms with E-state index >= 15 is 0 Å². The molecule has 102 valence electrons. The maximum atomic E-state index is 9.85. The van der Waals surface area contributed by atoms with Gasteiger partial charge >= 0.3 is 0 Å². The summed E-state index contributed by atoms with van der Waals surface area (Å²) >= 11 is 0. The number of aliphatic hydroxyl groups excluding tert-OH is 3. The normalized spacial score (nSPS) is 34.7. The minimum atomic E-state index is -1.55. The van der Waals surface area contributed by atoms with Crippen molar-refractivity contribution in [1.29, 1.82) is 5.26 Å². The van der Waals surface area contributed by atoms with Crippen molar-refractivity contribution < 1.29 is 24.8 Å². The van der Waals surface area contributed by atoms with Crippen LogP contribution in [0.15, 0.2) is 30.3 Å². The van der Waals surface area contributed by atoms with Crippen LogP contribution in [-0.4, -0.2) is 46.0 Å². The first-order chi connectivity index (χ1) is 9.13. The summed E-state index contributed by atoms with van der Waals surface area (Å²) in [7, 11) is 0. The molecule has 6 nitrogen and oxygen atoms in total. The van der Waals surface area contributed by atoms with E-state index in [9.17, 15) is 15.3 Å². The molecule has 0 aliphatic carbocycles. The number of benzene rings is 1. The second kappa shape index (κ2) is 6.10. The highest BCUT2D eigenvalue weighted by Crippen LogP contribution is 2.23. The van der Waals surface area contributed by atoms with E-state index in [0.717, 1.165) is 5.56 Å². The van der Waals surface area contributed by atoms with Crippen LogP contribution in [0.3, 0.4) is 0 Å². The third-order valence-electron chi connectivity index (χ3n) is 2.97.